The normalized spacial score (nSPS) is 14.9. The molecular formula is C24H28N3O2+. The predicted molar refractivity (Wildman–Crippen MR) is 115 cm³/mol. The van der Waals surface area contributed by atoms with Crippen LogP contribution in [0.3, 0.4) is 0 Å². The van der Waals surface area contributed by atoms with Crippen LogP contribution in [0, 0.1) is 13.8 Å². The molecule has 3 aromatic rings. The number of carbonyl (C=O) groups is 1. The Balaban J connectivity index is 1.41. The van der Waals surface area contributed by atoms with Crippen LogP contribution in [0.2, 0.25) is 0 Å². The van der Waals surface area contributed by atoms with Gasteiger partial charge in [0, 0.05) is 28.3 Å². The zero-order valence-corrected chi connectivity index (χ0v) is 17.1. The van der Waals surface area contributed by atoms with Gasteiger partial charge >= 0.3 is 0 Å². The molecule has 0 aliphatic carbocycles. The fraction of sp³-hybridized carbons (Fsp3) is 0.292. The number of quaternary nitrogens is 1. The molecule has 5 nitrogen and oxygen atoms in total. The zero-order valence-electron chi connectivity index (χ0n) is 17.1. The molecule has 29 heavy (non-hydrogen) atoms. The van der Waals surface area contributed by atoms with Gasteiger partial charge in [0.05, 0.1) is 26.2 Å². The van der Waals surface area contributed by atoms with Crippen LogP contribution in [0.5, 0.6) is 5.75 Å². The number of hydrogen-bond acceptors (Lipinski definition) is 3. The molecule has 0 amide bonds. The lowest BCUT2D eigenvalue weighted by Crippen LogP contribution is -3.15. The van der Waals surface area contributed by atoms with Gasteiger partial charge in [0.2, 0.25) is 5.78 Å². The summed E-state index contributed by atoms with van der Waals surface area (Å²) in [6.45, 7) is 8.31. The maximum absolute atomic E-state index is 13.0. The summed E-state index contributed by atoms with van der Waals surface area (Å²) in [6.07, 6.45) is 0. The van der Waals surface area contributed by atoms with Crippen LogP contribution < -0.4 is 9.80 Å². The number of phenols is 1. The monoisotopic (exact) mass is 390 g/mol. The molecule has 1 aliphatic rings. The van der Waals surface area contributed by atoms with Gasteiger partial charge in [0.1, 0.15) is 12.3 Å². The lowest BCUT2D eigenvalue weighted by Gasteiger charge is -2.33. The Morgan fingerprint density at radius 3 is 2.28 bits per heavy atom. The minimum absolute atomic E-state index is 0.216. The Labute approximate surface area is 171 Å². The molecule has 150 valence electrons. The topological polar surface area (TPSA) is 49.9 Å². The highest BCUT2D eigenvalue weighted by molar-refractivity contribution is 5.98. The van der Waals surface area contributed by atoms with E-state index in [-0.39, 0.29) is 11.5 Å². The average Bonchev–Trinajstić information content (AvgIpc) is 3.04. The Kier molecular flexibility index (Phi) is 5.41. The molecule has 2 N–H and O–H groups in total. The molecule has 1 aliphatic heterocycles. The molecule has 5 heteroatoms. The number of nitrogens with zero attached hydrogens (tertiary/aromatic N) is 2. The Bertz CT molecular complexity index is 985. The first-order chi connectivity index (χ1) is 14.0. The largest absolute Gasteiger partial charge is 0.508 e. The first-order valence-electron chi connectivity index (χ1n) is 10.2. The van der Waals surface area contributed by atoms with Gasteiger partial charge in [-0.2, -0.15) is 0 Å². The van der Waals surface area contributed by atoms with E-state index in [2.05, 4.69) is 28.5 Å². The van der Waals surface area contributed by atoms with Crippen molar-refractivity contribution in [1.82, 2.24) is 4.57 Å². The number of hydrogen-bond donors (Lipinski definition) is 2. The van der Waals surface area contributed by atoms with E-state index < -0.39 is 0 Å². The summed E-state index contributed by atoms with van der Waals surface area (Å²) in [7, 11) is 0. The summed E-state index contributed by atoms with van der Waals surface area (Å²) in [5.74, 6) is 0.505. The maximum atomic E-state index is 13.0. The van der Waals surface area contributed by atoms with E-state index in [1.54, 1.807) is 12.1 Å². The van der Waals surface area contributed by atoms with Crippen LogP contribution in [0.25, 0.3) is 5.69 Å². The summed E-state index contributed by atoms with van der Waals surface area (Å²) >= 11 is 0. The quantitative estimate of drug-likeness (QED) is 0.658. The predicted octanol–water partition coefficient (Wildman–Crippen LogP) is 2.39. The molecule has 0 spiro atoms. The summed E-state index contributed by atoms with van der Waals surface area (Å²) in [6, 6.07) is 19.6. The van der Waals surface area contributed by atoms with Gasteiger partial charge in [-0.15, -0.1) is 0 Å². The number of para-hydroxylation sites is 1. The number of piperazine rings is 1. The summed E-state index contributed by atoms with van der Waals surface area (Å²) in [4.78, 5) is 16.7. The molecule has 0 atom stereocenters. The molecule has 2 aromatic carbocycles. The molecule has 0 bridgehead atoms. The molecule has 1 fully saturated rings. The Hall–Kier alpha value is -3.05. The minimum atomic E-state index is 0.216. The molecule has 0 radical (unpaired) electrons. The average molecular weight is 391 g/mol. The van der Waals surface area contributed by atoms with Crippen molar-refractivity contribution in [3.05, 3.63) is 77.6 Å². The fourth-order valence-electron chi connectivity index (χ4n) is 4.26. The number of benzene rings is 2. The van der Waals surface area contributed by atoms with Gasteiger partial charge < -0.3 is 19.5 Å². The van der Waals surface area contributed by atoms with Crippen molar-refractivity contribution in [2.24, 2.45) is 0 Å². The SMILES string of the molecule is Cc1cc(C(=O)C[NH+]2CCN(c3ccc(O)cc3)CC2)c(C)n1-c1ccccc1. The fourth-order valence-corrected chi connectivity index (χ4v) is 4.26. The van der Waals surface area contributed by atoms with Crippen molar-refractivity contribution in [3.63, 3.8) is 0 Å². The van der Waals surface area contributed by atoms with E-state index in [1.165, 1.54) is 4.90 Å². The highest BCUT2D eigenvalue weighted by Gasteiger charge is 2.25. The van der Waals surface area contributed by atoms with Gasteiger partial charge in [0.25, 0.3) is 0 Å². The van der Waals surface area contributed by atoms with Crippen LogP contribution in [0.1, 0.15) is 21.7 Å². The number of aromatic nitrogens is 1. The number of aromatic hydroxyl groups is 1. The third-order valence-electron chi connectivity index (χ3n) is 5.84. The standard InChI is InChI=1S/C24H27N3O2/c1-18-16-23(19(2)27(18)21-6-4-3-5-7-21)24(29)17-25-12-14-26(15-13-25)20-8-10-22(28)11-9-20/h3-11,16,28H,12-15,17H2,1-2H3/p+1. The van der Waals surface area contributed by atoms with Crippen molar-refractivity contribution < 1.29 is 14.8 Å². The third kappa shape index (κ3) is 4.05. The van der Waals surface area contributed by atoms with Crippen molar-refractivity contribution >= 4 is 11.5 Å². The summed E-state index contributed by atoms with van der Waals surface area (Å²) in [5.41, 5.74) is 5.15. The van der Waals surface area contributed by atoms with E-state index in [1.807, 2.05) is 43.3 Å². The molecule has 1 aromatic heterocycles. The minimum Gasteiger partial charge on any atom is -0.508 e. The van der Waals surface area contributed by atoms with E-state index in [9.17, 15) is 9.90 Å². The molecule has 2 heterocycles. The highest BCUT2D eigenvalue weighted by atomic mass is 16.3. The van der Waals surface area contributed by atoms with Gasteiger partial charge in [-0.3, -0.25) is 4.79 Å². The summed E-state index contributed by atoms with van der Waals surface area (Å²) in [5, 5.41) is 9.46. The van der Waals surface area contributed by atoms with E-state index >= 15 is 0 Å². The Morgan fingerprint density at radius 1 is 0.966 bits per heavy atom. The van der Waals surface area contributed by atoms with E-state index in [0.29, 0.717) is 6.54 Å². The molecule has 0 saturated carbocycles. The van der Waals surface area contributed by atoms with E-state index in [4.69, 9.17) is 0 Å². The number of rotatable bonds is 5. The van der Waals surface area contributed by atoms with Gasteiger partial charge in [-0.1, -0.05) is 18.2 Å². The lowest BCUT2D eigenvalue weighted by atomic mass is 10.1. The second-order valence-electron chi connectivity index (χ2n) is 7.81. The second-order valence-corrected chi connectivity index (χ2v) is 7.81. The number of ketones is 1. The third-order valence-corrected chi connectivity index (χ3v) is 5.84. The van der Waals surface area contributed by atoms with Crippen molar-refractivity contribution in [3.8, 4) is 11.4 Å². The number of aryl methyl sites for hydroxylation is 1. The molecule has 4 rings (SSSR count). The number of anilines is 1. The van der Waals surface area contributed by atoms with Crippen molar-refractivity contribution in [2.45, 2.75) is 13.8 Å². The van der Waals surface area contributed by atoms with Crippen molar-refractivity contribution in [2.75, 3.05) is 37.6 Å². The first kappa shape index (κ1) is 19.3. The van der Waals surface area contributed by atoms with Crippen LogP contribution >= 0.6 is 0 Å². The number of phenolic OH excluding ortho intramolecular Hbond substituents is 1. The van der Waals surface area contributed by atoms with Crippen LogP contribution in [-0.4, -0.2) is 48.2 Å². The van der Waals surface area contributed by atoms with Crippen molar-refractivity contribution in [1.29, 1.82) is 0 Å². The second kappa shape index (κ2) is 8.13. The zero-order chi connectivity index (χ0) is 20.4. The number of Topliss-reactive ketones (excluding diaryl/α,β-unsaturated/α-hetero) is 1. The molecular weight excluding hydrogens is 362 g/mol. The summed E-state index contributed by atoms with van der Waals surface area (Å²) < 4.78 is 2.16. The maximum Gasteiger partial charge on any atom is 0.218 e. The van der Waals surface area contributed by atoms with Crippen LogP contribution in [0.4, 0.5) is 5.69 Å². The molecule has 0 unspecified atom stereocenters. The smallest absolute Gasteiger partial charge is 0.218 e. The van der Waals surface area contributed by atoms with Crippen LogP contribution in [-0.2, 0) is 0 Å². The molecule has 1 saturated heterocycles. The Morgan fingerprint density at radius 2 is 1.62 bits per heavy atom. The van der Waals surface area contributed by atoms with Gasteiger partial charge in [-0.25, -0.2) is 0 Å². The van der Waals surface area contributed by atoms with Gasteiger partial charge in [-0.05, 0) is 56.3 Å². The lowest BCUT2D eigenvalue weighted by molar-refractivity contribution is -0.892. The van der Waals surface area contributed by atoms with Gasteiger partial charge in [0.15, 0.2) is 0 Å². The number of nitrogens with one attached hydrogen (secondary N) is 1. The van der Waals surface area contributed by atoms with E-state index in [0.717, 1.165) is 54.5 Å². The first-order valence-corrected chi connectivity index (χ1v) is 10.2. The van der Waals surface area contributed by atoms with Crippen LogP contribution in [0.15, 0.2) is 60.7 Å². The number of carbonyl (C=O) groups excluding carboxylic acids is 1. The highest BCUT2D eigenvalue weighted by Crippen LogP contribution is 2.21.